The lowest BCUT2D eigenvalue weighted by molar-refractivity contribution is -0.166. The van der Waals surface area contributed by atoms with Crippen molar-refractivity contribution in [2.45, 2.75) is 128 Å². The molecule has 6 heteroatoms. The summed E-state index contributed by atoms with van der Waals surface area (Å²) in [6.07, 6.45) is 18.6. The molecular formula is C26H46O6. The molecule has 6 nitrogen and oxygen atoms in total. The highest BCUT2D eigenvalue weighted by Gasteiger charge is 2.31. The minimum atomic E-state index is -0.461. The van der Waals surface area contributed by atoms with Gasteiger partial charge in [0.1, 0.15) is 19.7 Å². The molecule has 0 aromatic rings. The summed E-state index contributed by atoms with van der Waals surface area (Å²) < 4.78 is 29.4. The van der Waals surface area contributed by atoms with Crippen molar-refractivity contribution >= 4 is 5.97 Å². The minimum absolute atomic E-state index is 0.0756. The molecular weight excluding hydrogens is 408 g/mol. The molecule has 0 spiro atoms. The van der Waals surface area contributed by atoms with Crippen LogP contribution in [0.5, 0.6) is 0 Å². The molecule has 0 aromatic carbocycles. The molecule has 0 radical (unpaired) electrons. The fourth-order valence-corrected chi connectivity index (χ4v) is 5.23. The Morgan fingerprint density at radius 2 is 1.06 bits per heavy atom. The maximum Gasteiger partial charge on any atom is 0.306 e. The zero-order valence-corrected chi connectivity index (χ0v) is 20.3. The van der Waals surface area contributed by atoms with Crippen molar-refractivity contribution in [3.8, 4) is 0 Å². The summed E-state index contributed by atoms with van der Waals surface area (Å²) in [5.41, 5.74) is -0.461. The normalized spacial score (nSPS) is 22.2. The summed E-state index contributed by atoms with van der Waals surface area (Å²) in [7, 11) is 0. The van der Waals surface area contributed by atoms with E-state index in [2.05, 4.69) is 0 Å². The predicted octanol–water partition coefficient (Wildman–Crippen LogP) is 5.91. The van der Waals surface area contributed by atoms with Gasteiger partial charge in [0, 0.05) is 5.41 Å². The molecule has 186 valence electrons. The molecule has 3 saturated carbocycles. The van der Waals surface area contributed by atoms with Crippen molar-refractivity contribution < 1.29 is 28.5 Å². The Morgan fingerprint density at radius 1 is 0.656 bits per heavy atom. The third-order valence-electron chi connectivity index (χ3n) is 7.20. The Balaban J connectivity index is 1.41. The smallest absolute Gasteiger partial charge is 0.306 e. The van der Waals surface area contributed by atoms with Crippen molar-refractivity contribution in [1.82, 2.24) is 0 Å². The third-order valence-corrected chi connectivity index (χ3v) is 7.20. The first kappa shape index (κ1) is 25.9. The number of hydrogen-bond donors (Lipinski definition) is 0. The standard InChI is InChI=1S/C26H46O6/c1-26(17-25(27)32-24-15-9-4-10-16-24,18-28-20-30-22-11-5-2-6-12-22)19-29-21-31-23-13-7-3-8-14-23/h22-24H,2-21H2,1H3. The Hall–Kier alpha value is -0.690. The van der Waals surface area contributed by atoms with Gasteiger partial charge < -0.3 is 23.7 Å². The fraction of sp³-hybridized carbons (Fsp3) is 0.962. The number of esters is 1. The number of carbonyl (C=O) groups excluding carboxylic acids is 1. The highest BCUT2D eigenvalue weighted by molar-refractivity contribution is 5.70. The zero-order chi connectivity index (χ0) is 22.5. The van der Waals surface area contributed by atoms with Gasteiger partial charge in [-0.05, 0) is 51.4 Å². The second-order valence-electron chi connectivity index (χ2n) is 10.5. The first-order chi connectivity index (χ1) is 15.6. The maximum atomic E-state index is 12.7. The zero-order valence-electron chi connectivity index (χ0n) is 20.3. The Morgan fingerprint density at radius 3 is 1.50 bits per heavy atom. The monoisotopic (exact) mass is 454 g/mol. The maximum absolute atomic E-state index is 12.7. The second kappa shape index (κ2) is 14.5. The van der Waals surface area contributed by atoms with Crippen LogP contribution in [0.15, 0.2) is 0 Å². The molecule has 0 atom stereocenters. The van der Waals surface area contributed by atoms with Crippen LogP contribution in [0.2, 0.25) is 0 Å². The molecule has 3 aliphatic carbocycles. The van der Waals surface area contributed by atoms with Crippen LogP contribution in [-0.2, 0) is 28.5 Å². The highest BCUT2D eigenvalue weighted by atomic mass is 16.7. The van der Waals surface area contributed by atoms with E-state index >= 15 is 0 Å². The summed E-state index contributed by atoms with van der Waals surface area (Å²) in [6.45, 7) is 3.40. The lowest BCUT2D eigenvalue weighted by Gasteiger charge is -2.31. The van der Waals surface area contributed by atoms with Crippen LogP contribution < -0.4 is 0 Å². The van der Waals surface area contributed by atoms with Crippen molar-refractivity contribution in [1.29, 1.82) is 0 Å². The molecule has 0 amide bonds. The van der Waals surface area contributed by atoms with Gasteiger partial charge >= 0.3 is 5.97 Å². The highest BCUT2D eigenvalue weighted by Crippen LogP contribution is 2.27. The number of carbonyl (C=O) groups is 1. The van der Waals surface area contributed by atoms with Gasteiger partial charge in [-0.1, -0.05) is 51.9 Å². The van der Waals surface area contributed by atoms with Gasteiger partial charge in [0.25, 0.3) is 0 Å². The van der Waals surface area contributed by atoms with Crippen molar-refractivity contribution in [3.05, 3.63) is 0 Å². The largest absolute Gasteiger partial charge is 0.462 e. The first-order valence-corrected chi connectivity index (χ1v) is 13.2. The van der Waals surface area contributed by atoms with Crippen LogP contribution in [-0.4, -0.2) is 51.1 Å². The van der Waals surface area contributed by atoms with Crippen LogP contribution in [0, 0.1) is 5.41 Å². The lowest BCUT2D eigenvalue weighted by Crippen LogP contribution is -2.35. The van der Waals surface area contributed by atoms with E-state index in [-0.39, 0.29) is 32.1 Å². The molecule has 3 aliphatic rings. The topological polar surface area (TPSA) is 63.2 Å². The second-order valence-corrected chi connectivity index (χ2v) is 10.5. The summed E-state index contributed by atoms with van der Waals surface area (Å²) >= 11 is 0. The van der Waals surface area contributed by atoms with Crippen LogP contribution >= 0.6 is 0 Å². The Labute approximate surface area is 195 Å². The minimum Gasteiger partial charge on any atom is -0.462 e. The SMILES string of the molecule is CC(COCOC1CCCCC1)(COCOC1CCCCC1)CC(=O)OC1CCCCC1. The van der Waals surface area contributed by atoms with E-state index in [1.807, 2.05) is 6.92 Å². The molecule has 0 N–H and O–H groups in total. The van der Waals surface area contributed by atoms with Gasteiger partial charge in [0.2, 0.25) is 0 Å². The van der Waals surface area contributed by atoms with Crippen LogP contribution in [0.3, 0.4) is 0 Å². The fourth-order valence-electron chi connectivity index (χ4n) is 5.23. The molecule has 0 aliphatic heterocycles. The summed E-state index contributed by atoms with van der Waals surface area (Å²) in [5.74, 6) is -0.145. The van der Waals surface area contributed by atoms with Crippen molar-refractivity contribution in [2.75, 3.05) is 26.8 Å². The quantitative estimate of drug-likeness (QED) is 0.196. The van der Waals surface area contributed by atoms with E-state index in [9.17, 15) is 4.79 Å². The van der Waals surface area contributed by atoms with E-state index in [1.165, 1.54) is 44.9 Å². The average molecular weight is 455 g/mol. The molecule has 0 saturated heterocycles. The van der Waals surface area contributed by atoms with E-state index in [4.69, 9.17) is 23.7 Å². The van der Waals surface area contributed by atoms with Crippen molar-refractivity contribution in [2.24, 2.45) is 5.41 Å². The molecule has 0 unspecified atom stereocenters. The molecule has 32 heavy (non-hydrogen) atoms. The van der Waals surface area contributed by atoms with Gasteiger partial charge in [-0.25, -0.2) is 0 Å². The van der Waals surface area contributed by atoms with Gasteiger partial charge in [-0.3, -0.25) is 4.79 Å². The first-order valence-electron chi connectivity index (χ1n) is 13.2. The molecule has 3 rings (SSSR count). The van der Waals surface area contributed by atoms with E-state index in [1.54, 1.807) is 0 Å². The van der Waals surface area contributed by atoms with Crippen LogP contribution in [0.25, 0.3) is 0 Å². The Bertz CT molecular complexity index is 480. The van der Waals surface area contributed by atoms with E-state index < -0.39 is 5.41 Å². The van der Waals surface area contributed by atoms with Crippen molar-refractivity contribution in [3.63, 3.8) is 0 Å². The molecule has 3 fully saturated rings. The summed E-state index contributed by atoms with van der Waals surface area (Å²) in [4.78, 5) is 12.7. The predicted molar refractivity (Wildman–Crippen MR) is 123 cm³/mol. The van der Waals surface area contributed by atoms with Crippen LogP contribution in [0.4, 0.5) is 0 Å². The molecule has 0 aromatic heterocycles. The average Bonchev–Trinajstić information content (AvgIpc) is 2.82. The van der Waals surface area contributed by atoms with Gasteiger partial charge in [-0.2, -0.15) is 0 Å². The van der Waals surface area contributed by atoms with Crippen LogP contribution in [0.1, 0.15) is 110 Å². The van der Waals surface area contributed by atoms with Gasteiger partial charge in [-0.15, -0.1) is 0 Å². The third kappa shape index (κ3) is 10.1. The molecule has 0 heterocycles. The number of rotatable bonds is 13. The summed E-state index contributed by atoms with van der Waals surface area (Å²) in [5, 5.41) is 0. The number of hydrogen-bond acceptors (Lipinski definition) is 6. The van der Waals surface area contributed by atoms with Gasteiger partial charge in [0.15, 0.2) is 0 Å². The number of ether oxygens (including phenoxy) is 5. The summed E-state index contributed by atoms with van der Waals surface area (Å²) in [6, 6.07) is 0. The van der Waals surface area contributed by atoms with Gasteiger partial charge in [0.05, 0.1) is 31.8 Å². The Kier molecular flexibility index (Phi) is 11.8. The lowest BCUT2D eigenvalue weighted by atomic mass is 9.88. The van der Waals surface area contributed by atoms with E-state index in [0.717, 1.165) is 51.4 Å². The van der Waals surface area contributed by atoms with E-state index in [0.29, 0.717) is 25.4 Å². The molecule has 0 bridgehead atoms.